The number of methoxy groups -OCH3 is 1. The summed E-state index contributed by atoms with van der Waals surface area (Å²) in [6, 6.07) is 4.10. The Morgan fingerprint density at radius 1 is 1.32 bits per heavy atom. The van der Waals surface area contributed by atoms with Crippen molar-refractivity contribution < 1.29 is 14.3 Å². The van der Waals surface area contributed by atoms with Crippen molar-refractivity contribution in [3.63, 3.8) is 0 Å². The molecule has 1 aromatic rings. The fourth-order valence-corrected chi connectivity index (χ4v) is 1.95. The highest BCUT2D eigenvalue weighted by molar-refractivity contribution is 5.73. The normalized spacial score (nSPS) is 10.6. The van der Waals surface area contributed by atoms with E-state index in [0.29, 0.717) is 12.3 Å². The quantitative estimate of drug-likeness (QED) is 0.736. The molecule has 0 spiro atoms. The third-order valence-electron chi connectivity index (χ3n) is 3.11. The minimum atomic E-state index is -0.208. The van der Waals surface area contributed by atoms with Crippen molar-refractivity contribution in [2.75, 3.05) is 13.7 Å². The van der Waals surface area contributed by atoms with Crippen molar-refractivity contribution in [3.8, 4) is 5.75 Å². The largest absolute Gasteiger partial charge is 0.493 e. The minimum absolute atomic E-state index is 0.208. The van der Waals surface area contributed by atoms with Gasteiger partial charge in [-0.05, 0) is 42.0 Å². The predicted molar refractivity (Wildman–Crippen MR) is 76.8 cm³/mol. The maximum atomic E-state index is 11.4. The molecule has 0 saturated carbocycles. The first-order chi connectivity index (χ1) is 8.99. The van der Waals surface area contributed by atoms with Gasteiger partial charge in [-0.15, -0.1) is 0 Å². The predicted octanol–water partition coefficient (Wildman–Crippen LogP) is 3.62. The summed E-state index contributed by atoms with van der Waals surface area (Å²) in [6.45, 7) is 9.07. The van der Waals surface area contributed by atoms with Crippen LogP contribution >= 0.6 is 0 Å². The average molecular weight is 264 g/mol. The van der Waals surface area contributed by atoms with Crippen LogP contribution in [0.15, 0.2) is 12.1 Å². The Hall–Kier alpha value is -1.51. The summed E-state index contributed by atoms with van der Waals surface area (Å²) < 4.78 is 10.5. The molecule has 0 aromatic heterocycles. The summed E-state index contributed by atoms with van der Waals surface area (Å²) in [5.74, 6) is 1.09. The van der Waals surface area contributed by atoms with Crippen LogP contribution in [0.3, 0.4) is 0 Å². The third-order valence-corrected chi connectivity index (χ3v) is 3.11. The molecule has 19 heavy (non-hydrogen) atoms. The molecule has 0 unspecified atom stereocenters. The molecule has 0 amide bonds. The molecular formula is C16H24O3. The summed E-state index contributed by atoms with van der Waals surface area (Å²) in [5, 5.41) is 0. The first-order valence-corrected chi connectivity index (χ1v) is 6.82. The van der Waals surface area contributed by atoms with Crippen molar-refractivity contribution in [3.05, 3.63) is 28.8 Å². The van der Waals surface area contributed by atoms with Gasteiger partial charge in [0.05, 0.1) is 20.1 Å². The van der Waals surface area contributed by atoms with Gasteiger partial charge < -0.3 is 9.47 Å². The molecule has 0 saturated heterocycles. The Kier molecular flexibility index (Phi) is 5.87. The maximum absolute atomic E-state index is 11.4. The number of benzene rings is 1. The van der Waals surface area contributed by atoms with Gasteiger partial charge in [0.25, 0.3) is 0 Å². The molecule has 0 aliphatic carbocycles. The van der Waals surface area contributed by atoms with Gasteiger partial charge in [0.15, 0.2) is 0 Å². The van der Waals surface area contributed by atoms with E-state index in [2.05, 4.69) is 26.8 Å². The van der Waals surface area contributed by atoms with Crippen LogP contribution in [-0.4, -0.2) is 19.7 Å². The van der Waals surface area contributed by atoms with Crippen molar-refractivity contribution in [1.29, 1.82) is 0 Å². The molecule has 0 fully saturated rings. The molecule has 1 rings (SSSR count). The molecule has 3 nitrogen and oxygen atoms in total. The molecule has 0 bridgehead atoms. The van der Waals surface area contributed by atoms with Crippen LogP contribution in [-0.2, 0) is 16.0 Å². The molecule has 3 heteroatoms. The number of esters is 1. The standard InChI is InChI=1S/C16H24O3/c1-6-7-19-15-8-12(4)13(10-16(17)18-5)9-14(15)11(2)3/h8-9,11H,6-7,10H2,1-5H3. The van der Waals surface area contributed by atoms with Gasteiger partial charge in [-0.25, -0.2) is 0 Å². The van der Waals surface area contributed by atoms with E-state index >= 15 is 0 Å². The summed E-state index contributed by atoms with van der Waals surface area (Å²) >= 11 is 0. The lowest BCUT2D eigenvalue weighted by Gasteiger charge is -2.17. The van der Waals surface area contributed by atoms with E-state index in [0.717, 1.165) is 35.5 Å². The number of hydrogen-bond acceptors (Lipinski definition) is 3. The number of rotatable bonds is 6. The van der Waals surface area contributed by atoms with Gasteiger partial charge in [-0.2, -0.15) is 0 Å². The molecule has 0 atom stereocenters. The summed E-state index contributed by atoms with van der Waals surface area (Å²) in [7, 11) is 1.42. The fraction of sp³-hybridized carbons (Fsp3) is 0.562. The second-order valence-corrected chi connectivity index (χ2v) is 5.07. The summed E-state index contributed by atoms with van der Waals surface area (Å²) in [6.07, 6.45) is 1.30. The van der Waals surface area contributed by atoms with Crippen molar-refractivity contribution in [1.82, 2.24) is 0 Å². The number of carbonyl (C=O) groups is 1. The summed E-state index contributed by atoms with van der Waals surface area (Å²) in [4.78, 5) is 11.4. The fourth-order valence-electron chi connectivity index (χ4n) is 1.95. The first-order valence-electron chi connectivity index (χ1n) is 6.82. The van der Waals surface area contributed by atoms with Crippen molar-refractivity contribution >= 4 is 5.97 Å². The monoisotopic (exact) mass is 264 g/mol. The molecule has 0 aliphatic heterocycles. The van der Waals surface area contributed by atoms with E-state index < -0.39 is 0 Å². The van der Waals surface area contributed by atoms with Crippen LogP contribution in [0.5, 0.6) is 5.75 Å². The molecule has 0 heterocycles. The van der Waals surface area contributed by atoms with Gasteiger partial charge in [0.2, 0.25) is 0 Å². The van der Waals surface area contributed by atoms with Crippen LogP contribution in [0.4, 0.5) is 0 Å². The molecule has 0 radical (unpaired) electrons. The lowest BCUT2D eigenvalue weighted by Crippen LogP contribution is -2.08. The Morgan fingerprint density at radius 3 is 2.53 bits per heavy atom. The molecule has 0 aliphatic rings. The summed E-state index contributed by atoms with van der Waals surface area (Å²) in [5.41, 5.74) is 3.23. The van der Waals surface area contributed by atoms with Crippen molar-refractivity contribution in [2.24, 2.45) is 0 Å². The van der Waals surface area contributed by atoms with Gasteiger partial charge in [-0.1, -0.05) is 26.8 Å². The highest BCUT2D eigenvalue weighted by atomic mass is 16.5. The zero-order valence-corrected chi connectivity index (χ0v) is 12.6. The van der Waals surface area contributed by atoms with Gasteiger partial charge in [-0.3, -0.25) is 4.79 Å². The third kappa shape index (κ3) is 4.27. The molecule has 1 aromatic carbocycles. The maximum Gasteiger partial charge on any atom is 0.309 e. The Morgan fingerprint density at radius 2 is 2.00 bits per heavy atom. The molecule has 106 valence electrons. The topological polar surface area (TPSA) is 35.5 Å². The van der Waals surface area contributed by atoms with E-state index in [-0.39, 0.29) is 5.97 Å². The van der Waals surface area contributed by atoms with E-state index in [9.17, 15) is 4.79 Å². The van der Waals surface area contributed by atoms with Crippen LogP contribution in [0.25, 0.3) is 0 Å². The first kappa shape index (κ1) is 15.5. The van der Waals surface area contributed by atoms with Gasteiger partial charge in [0.1, 0.15) is 5.75 Å². The lowest BCUT2D eigenvalue weighted by atomic mass is 9.95. The van der Waals surface area contributed by atoms with E-state index in [1.165, 1.54) is 7.11 Å². The number of carbonyl (C=O) groups excluding carboxylic acids is 1. The molecule has 0 N–H and O–H groups in total. The lowest BCUT2D eigenvalue weighted by molar-refractivity contribution is -0.139. The highest BCUT2D eigenvalue weighted by Gasteiger charge is 2.14. The van der Waals surface area contributed by atoms with Crippen LogP contribution in [0.2, 0.25) is 0 Å². The van der Waals surface area contributed by atoms with E-state index in [1.807, 2.05) is 13.0 Å². The second kappa shape index (κ2) is 7.17. The smallest absolute Gasteiger partial charge is 0.309 e. The average Bonchev–Trinajstić information content (AvgIpc) is 2.38. The van der Waals surface area contributed by atoms with Crippen LogP contribution < -0.4 is 4.74 Å². The number of hydrogen-bond donors (Lipinski definition) is 0. The highest BCUT2D eigenvalue weighted by Crippen LogP contribution is 2.30. The Labute approximate surface area is 115 Å². The van der Waals surface area contributed by atoms with Crippen LogP contribution in [0, 0.1) is 6.92 Å². The van der Waals surface area contributed by atoms with Gasteiger partial charge in [0, 0.05) is 0 Å². The van der Waals surface area contributed by atoms with Gasteiger partial charge >= 0.3 is 5.97 Å². The van der Waals surface area contributed by atoms with Crippen LogP contribution in [0.1, 0.15) is 49.8 Å². The molecular weight excluding hydrogens is 240 g/mol. The number of aryl methyl sites for hydroxylation is 1. The van der Waals surface area contributed by atoms with E-state index in [4.69, 9.17) is 9.47 Å². The minimum Gasteiger partial charge on any atom is -0.493 e. The Bertz CT molecular complexity index is 436. The van der Waals surface area contributed by atoms with Crippen molar-refractivity contribution in [2.45, 2.75) is 46.5 Å². The number of ether oxygens (including phenoxy) is 2. The van der Waals surface area contributed by atoms with E-state index in [1.54, 1.807) is 0 Å². The zero-order chi connectivity index (χ0) is 14.4. The SMILES string of the molecule is CCCOc1cc(C)c(CC(=O)OC)cc1C(C)C. The Balaban J connectivity index is 3.09. The second-order valence-electron chi connectivity index (χ2n) is 5.07. The zero-order valence-electron chi connectivity index (χ0n) is 12.6.